The summed E-state index contributed by atoms with van der Waals surface area (Å²) in [6.45, 7) is 6.08. The Morgan fingerprint density at radius 1 is 1.08 bits per heavy atom. The van der Waals surface area contributed by atoms with E-state index >= 15 is 0 Å². The van der Waals surface area contributed by atoms with Crippen LogP contribution in [0, 0.1) is 0 Å². The summed E-state index contributed by atoms with van der Waals surface area (Å²) in [4.78, 5) is 18.5. The van der Waals surface area contributed by atoms with Crippen LogP contribution in [0.4, 0.5) is 11.5 Å². The van der Waals surface area contributed by atoms with E-state index in [-0.39, 0.29) is 5.91 Å². The Morgan fingerprint density at radius 3 is 2.42 bits per heavy atom. The van der Waals surface area contributed by atoms with Gasteiger partial charge < -0.3 is 15.1 Å². The lowest BCUT2D eigenvalue weighted by molar-refractivity contribution is 0.0957. The molecular formula is C19H26N6O. The van der Waals surface area contributed by atoms with E-state index in [1.54, 1.807) is 13.1 Å². The molecule has 7 heteroatoms. The molecule has 26 heavy (non-hydrogen) atoms. The first-order chi connectivity index (χ1) is 12.7. The Bertz CT molecular complexity index is 698. The number of aromatic nitrogens is 2. The third-order valence-corrected chi connectivity index (χ3v) is 4.75. The molecule has 0 aliphatic carbocycles. The van der Waals surface area contributed by atoms with Crippen LogP contribution in [0.25, 0.3) is 0 Å². The third kappa shape index (κ3) is 4.49. The minimum Gasteiger partial charge on any atom is -0.369 e. The van der Waals surface area contributed by atoms with Crippen LogP contribution in [0.2, 0.25) is 0 Å². The van der Waals surface area contributed by atoms with Crippen molar-refractivity contribution in [3.63, 3.8) is 0 Å². The summed E-state index contributed by atoms with van der Waals surface area (Å²) in [5, 5.41) is 10.7. The van der Waals surface area contributed by atoms with Gasteiger partial charge in [0.15, 0.2) is 11.5 Å². The number of amides is 1. The molecule has 0 unspecified atom stereocenters. The van der Waals surface area contributed by atoms with Gasteiger partial charge in [-0.25, -0.2) is 0 Å². The van der Waals surface area contributed by atoms with Crippen molar-refractivity contribution in [2.24, 2.45) is 0 Å². The van der Waals surface area contributed by atoms with E-state index in [0.29, 0.717) is 5.69 Å². The van der Waals surface area contributed by atoms with Gasteiger partial charge in [0.05, 0.1) is 0 Å². The zero-order valence-corrected chi connectivity index (χ0v) is 15.4. The van der Waals surface area contributed by atoms with E-state index in [4.69, 9.17) is 0 Å². The van der Waals surface area contributed by atoms with E-state index in [1.165, 1.54) is 5.69 Å². The molecule has 1 N–H and O–H groups in total. The van der Waals surface area contributed by atoms with E-state index in [1.807, 2.05) is 13.1 Å². The van der Waals surface area contributed by atoms with E-state index in [2.05, 4.69) is 60.5 Å². The molecule has 1 aromatic carbocycles. The number of hydrogen-bond donors (Lipinski definition) is 1. The van der Waals surface area contributed by atoms with Gasteiger partial charge in [-0.1, -0.05) is 18.2 Å². The van der Waals surface area contributed by atoms with E-state index in [0.717, 1.165) is 45.1 Å². The van der Waals surface area contributed by atoms with Crippen molar-refractivity contribution in [1.82, 2.24) is 20.4 Å². The standard InChI is InChI=1S/C19H26N6O/c1-20-19(26)17-8-9-18(22-21-17)23(2)10-11-24-12-14-25(15-13-24)16-6-4-3-5-7-16/h3-9H,10-15H2,1-2H3,(H,20,26). The topological polar surface area (TPSA) is 64.6 Å². The fourth-order valence-corrected chi connectivity index (χ4v) is 3.05. The molecule has 1 saturated heterocycles. The molecule has 1 aliphatic rings. The summed E-state index contributed by atoms with van der Waals surface area (Å²) in [7, 11) is 3.59. The Labute approximate surface area is 154 Å². The highest BCUT2D eigenvalue weighted by Crippen LogP contribution is 2.15. The first kappa shape index (κ1) is 18.1. The van der Waals surface area contributed by atoms with Crippen LogP contribution in [-0.4, -0.2) is 74.4 Å². The monoisotopic (exact) mass is 354 g/mol. The van der Waals surface area contributed by atoms with Crippen LogP contribution in [0.3, 0.4) is 0 Å². The third-order valence-electron chi connectivity index (χ3n) is 4.75. The predicted molar refractivity (Wildman–Crippen MR) is 104 cm³/mol. The number of hydrogen-bond acceptors (Lipinski definition) is 6. The fourth-order valence-electron chi connectivity index (χ4n) is 3.05. The molecule has 0 radical (unpaired) electrons. The first-order valence-corrected chi connectivity index (χ1v) is 8.96. The fraction of sp³-hybridized carbons (Fsp3) is 0.421. The number of piperazine rings is 1. The van der Waals surface area contributed by atoms with Gasteiger partial charge in [-0.15, -0.1) is 10.2 Å². The van der Waals surface area contributed by atoms with E-state index in [9.17, 15) is 4.79 Å². The SMILES string of the molecule is CNC(=O)c1ccc(N(C)CCN2CCN(c3ccccc3)CC2)nn1. The quantitative estimate of drug-likeness (QED) is 0.838. The maximum atomic E-state index is 11.5. The number of anilines is 2. The summed E-state index contributed by atoms with van der Waals surface area (Å²) < 4.78 is 0. The van der Waals surface area contributed by atoms with Crippen molar-refractivity contribution in [2.75, 3.05) is 63.2 Å². The lowest BCUT2D eigenvalue weighted by Crippen LogP contribution is -2.48. The van der Waals surface area contributed by atoms with Crippen LogP contribution < -0.4 is 15.1 Å². The molecule has 1 amide bonds. The van der Waals surface area contributed by atoms with Crippen LogP contribution in [-0.2, 0) is 0 Å². The Kier molecular flexibility index (Phi) is 6.01. The molecule has 3 rings (SSSR count). The molecular weight excluding hydrogens is 328 g/mol. The van der Waals surface area contributed by atoms with Gasteiger partial charge in [0.2, 0.25) is 0 Å². The van der Waals surface area contributed by atoms with Crippen molar-refractivity contribution < 1.29 is 4.79 Å². The maximum Gasteiger partial charge on any atom is 0.271 e. The van der Waals surface area contributed by atoms with Gasteiger partial charge in [-0.3, -0.25) is 9.69 Å². The average Bonchev–Trinajstić information content (AvgIpc) is 2.72. The summed E-state index contributed by atoms with van der Waals surface area (Å²) >= 11 is 0. The highest BCUT2D eigenvalue weighted by Gasteiger charge is 2.17. The molecule has 2 aromatic rings. The predicted octanol–water partition coefficient (Wildman–Crippen LogP) is 1.09. The smallest absolute Gasteiger partial charge is 0.271 e. The van der Waals surface area contributed by atoms with Gasteiger partial charge in [-0.05, 0) is 24.3 Å². The second-order valence-corrected chi connectivity index (χ2v) is 6.44. The summed E-state index contributed by atoms with van der Waals surface area (Å²) in [6, 6.07) is 14.1. The number of benzene rings is 1. The summed E-state index contributed by atoms with van der Waals surface area (Å²) in [5.74, 6) is 0.559. The first-order valence-electron chi connectivity index (χ1n) is 8.96. The van der Waals surface area contributed by atoms with Gasteiger partial charge >= 0.3 is 0 Å². The Morgan fingerprint density at radius 2 is 1.81 bits per heavy atom. The lowest BCUT2D eigenvalue weighted by Gasteiger charge is -2.36. The summed E-state index contributed by atoms with van der Waals surface area (Å²) in [5.41, 5.74) is 1.64. The van der Waals surface area contributed by atoms with Crippen molar-refractivity contribution in [2.45, 2.75) is 0 Å². The van der Waals surface area contributed by atoms with Crippen LogP contribution >= 0.6 is 0 Å². The molecule has 1 aliphatic heterocycles. The number of para-hydroxylation sites is 1. The zero-order valence-electron chi connectivity index (χ0n) is 15.4. The molecule has 7 nitrogen and oxygen atoms in total. The van der Waals surface area contributed by atoms with Crippen molar-refractivity contribution in [1.29, 1.82) is 0 Å². The number of nitrogens with one attached hydrogen (secondary N) is 1. The Hall–Kier alpha value is -2.67. The van der Waals surface area contributed by atoms with Crippen molar-refractivity contribution in [3.05, 3.63) is 48.2 Å². The van der Waals surface area contributed by atoms with Gasteiger partial charge in [0, 0.05) is 59.1 Å². The summed E-state index contributed by atoms with van der Waals surface area (Å²) in [6.07, 6.45) is 0. The highest BCUT2D eigenvalue weighted by atomic mass is 16.1. The number of rotatable bonds is 6. The molecule has 1 aromatic heterocycles. The highest BCUT2D eigenvalue weighted by molar-refractivity contribution is 5.91. The number of carbonyl (C=O) groups is 1. The lowest BCUT2D eigenvalue weighted by atomic mass is 10.2. The van der Waals surface area contributed by atoms with E-state index < -0.39 is 0 Å². The van der Waals surface area contributed by atoms with Crippen molar-refractivity contribution >= 4 is 17.4 Å². The zero-order chi connectivity index (χ0) is 18.4. The molecule has 1 fully saturated rings. The Balaban J connectivity index is 1.45. The van der Waals surface area contributed by atoms with Crippen molar-refractivity contribution in [3.8, 4) is 0 Å². The minimum atomic E-state index is -0.219. The number of nitrogens with zero attached hydrogens (tertiary/aromatic N) is 5. The van der Waals surface area contributed by atoms with Crippen LogP contribution in [0.15, 0.2) is 42.5 Å². The number of carbonyl (C=O) groups excluding carboxylic acids is 1. The molecule has 2 heterocycles. The van der Waals surface area contributed by atoms with Crippen LogP contribution in [0.5, 0.6) is 0 Å². The molecule has 0 bridgehead atoms. The average molecular weight is 354 g/mol. The van der Waals surface area contributed by atoms with Gasteiger partial charge in [-0.2, -0.15) is 0 Å². The molecule has 0 spiro atoms. The van der Waals surface area contributed by atoms with Crippen LogP contribution in [0.1, 0.15) is 10.5 Å². The number of likely N-dealkylation sites (N-methyl/N-ethyl adjacent to an activating group) is 1. The largest absolute Gasteiger partial charge is 0.369 e. The van der Waals surface area contributed by atoms with Gasteiger partial charge in [0.1, 0.15) is 0 Å². The van der Waals surface area contributed by atoms with Gasteiger partial charge in [0.25, 0.3) is 5.91 Å². The maximum absolute atomic E-state index is 11.5. The normalized spacial score (nSPS) is 14.9. The molecule has 0 atom stereocenters. The molecule has 138 valence electrons. The molecule has 0 saturated carbocycles. The second kappa shape index (κ2) is 8.62. The second-order valence-electron chi connectivity index (χ2n) is 6.44. The minimum absolute atomic E-state index is 0.219.